The van der Waals surface area contributed by atoms with Gasteiger partial charge in [-0.05, 0) is 93.4 Å². The van der Waals surface area contributed by atoms with Crippen LogP contribution in [0.15, 0.2) is 69.9 Å². The van der Waals surface area contributed by atoms with E-state index in [1.807, 2.05) is 39.8 Å². The molecular formula is C29H28O6. The summed E-state index contributed by atoms with van der Waals surface area (Å²) in [6.45, 7) is 7.36. The highest BCUT2D eigenvalue weighted by atomic mass is 16.5. The lowest BCUT2D eigenvalue weighted by Gasteiger charge is -2.13. The van der Waals surface area contributed by atoms with Crippen LogP contribution in [0.4, 0.5) is 0 Å². The first kappa shape index (κ1) is 24.1. The van der Waals surface area contributed by atoms with Crippen molar-refractivity contribution in [3.63, 3.8) is 0 Å². The molecule has 4 aromatic rings. The van der Waals surface area contributed by atoms with Gasteiger partial charge in [-0.3, -0.25) is 9.59 Å². The second-order valence-electron chi connectivity index (χ2n) is 8.68. The maximum Gasteiger partial charge on any atom is 0.235 e. The van der Waals surface area contributed by atoms with Gasteiger partial charge in [-0.2, -0.15) is 0 Å². The molecule has 0 saturated heterocycles. The van der Waals surface area contributed by atoms with Crippen molar-refractivity contribution in [2.75, 3.05) is 13.7 Å². The van der Waals surface area contributed by atoms with Gasteiger partial charge >= 0.3 is 0 Å². The molecule has 1 aromatic heterocycles. The average molecular weight is 473 g/mol. The third-order valence-electron chi connectivity index (χ3n) is 5.54. The number of aryl methyl sites for hydroxylation is 2. The zero-order chi connectivity index (χ0) is 25.1. The van der Waals surface area contributed by atoms with Crippen LogP contribution in [-0.2, 0) is 0 Å². The molecule has 0 spiro atoms. The number of carbonyl (C=O) groups is 1. The zero-order valence-corrected chi connectivity index (χ0v) is 20.5. The lowest BCUT2D eigenvalue weighted by atomic mass is 10.0. The van der Waals surface area contributed by atoms with Gasteiger partial charge in [-0.25, -0.2) is 0 Å². The quantitative estimate of drug-likeness (QED) is 0.287. The SMILES string of the molecule is COc1ccc(-c2oc3cc(C)cc(C)c3c(=O)c2OCC(=O)c2ccc(OC(C)C)cc2)cc1. The van der Waals surface area contributed by atoms with Crippen molar-refractivity contribution in [2.45, 2.75) is 33.8 Å². The molecule has 0 bridgehead atoms. The molecule has 0 saturated carbocycles. The number of ketones is 1. The highest BCUT2D eigenvalue weighted by Gasteiger charge is 2.21. The molecule has 0 fully saturated rings. The molecule has 3 aromatic carbocycles. The third kappa shape index (κ3) is 5.22. The molecule has 0 N–H and O–H groups in total. The summed E-state index contributed by atoms with van der Waals surface area (Å²) in [7, 11) is 1.58. The van der Waals surface area contributed by atoms with Gasteiger partial charge in [-0.15, -0.1) is 0 Å². The van der Waals surface area contributed by atoms with Crippen LogP contribution in [-0.4, -0.2) is 25.6 Å². The van der Waals surface area contributed by atoms with Crippen LogP contribution in [0.1, 0.15) is 35.3 Å². The molecule has 0 unspecified atom stereocenters. The molecule has 4 rings (SSSR count). The molecule has 35 heavy (non-hydrogen) atoms. The van der Waals surface area contributed by atoms with Crippen molar-refractivity contribution in [1.29, 1.82) is 0 Å². The topological polar surface area (TPSA) is 75.0 Å². The summed E-state index contributed by atoms with van der Waals surface area (Å²) in [5, 5.41) is 0.436. The Balaban J connectivity index is 1.71. The number of rotatable bonds is 8. The van der Waals surface area contributed by atoms with Crippen LogP contribution in [0.3, 0.4) is 0 Å². The fraction of sp³-hybridized carbons (Fsp3) is 0.241. The summed E-state index contributed by atoms with van der Waals surface area (Å²) in [6, 6.07) is 17.7. The number of benzene rings is 3. The normalized spacial score (nSPS) is 11.0. The van der Waals surface area contributed by atoms with Gasteiger partial charge in [-0.1, -0.05) is 6.07 Å². The van der Waals surface area contributed by atoms with Crippen LogP contribution in [0.5, 0.6) is 17.2 Å². The van der Waals surface area contributed by atoms with E-state index in [1.54, 1.807) is 55.6 Å². The first-order valence-corrected chi connectivity index (χ1v) is 11.4. The van der Waals surface area contributed by atoms with Crippen LogP contribution >= 0.6 is 0 Å². The highest BCUT2D eigenvalue weighted by Crippen LogP contribution is 2.33. The van der Waals surface area contributed by atoms with E-state index in [1.165, 1.54) is 0 Å². The number of Topliss-reactive ketones (excluding diaryl/α,β-unsaturated/α-hetero) is 1. The molecule has 0 aliphatic rings. The molecular weight excluding hydrogens is 444 g/mol. The van der Waals surface area contributed by atoms with Gasteiger partial charge in [0.25, 0.3) is 0 Å². The van der Waals surface area contributed by atoms with Crippen molar-refractivity contribution in [3.05, 3.63) is 87.6 Å². The van der Waals surface area contributed by atoms with E-state index in [4.69, 9.17) is 18.6 Å². The fourth-order valence-electron chi connectivity index (χ4n) is 3.95. The summed E-state index contributed by atoms with van der Waals surface area (Å²) in [5.74, 6) is 1.36. The monoisotopic (exact) mass is 472 g/mol. The van der Waals surface area contributed by atoms with E-state index < -0.39 is 0 Å². The first-order chi connectivity index (χ1) is 16.8. The number of ether oxygens (including phenoxy) is 3. The standard InChI is InChI=1S/C29H28O6/c1-17(2)34-23-12-6-20(7-13-23)24(30)16-33-29-27(31)26-19(4)14-18(3)15-25(26)35-28(29)21-8-10-22(32-5)11-9-21/h6-15,17H,16H2,1-5H3. The molecule has 0 aliphatic heterocycles. The number of hydrogen-bond acceptors (Lipinski definition) is 6. The minimum absolute atomic E-state index is 0.00253. The predicted molar refractivity (Wildman–Crippen MR) is 136 cm³/mol. The van der Waals surface area contributed by atoms with E-state index in [0.29, 0.717) is 33.6 Å². The molecule has 0 aliphatic carbocycles. The average Bonchev–Trinajstić information content (AvgIpc) is 2.82. The molecule has 6 nitrogen and oxygen atoms in total. The van der Waals surface area contributed by atoms with Crippen LogP contribution in [0, 0.1) is 13.8 Å². The minimum Gasteiger partial charge on any atom is -0.497 e. The van der Waals surface area contributed by atoms with Gasteiger partial charge in [0.15, 0.2) is 18.2 Å². The Kier molecular flexibility index (Phi) is 6.92. The molecule has 180 valence electrons. The van der Waals surface area contributed by atoms with E-state index in [9.17, 15) is 9.59 Å². The van der Waals surface area contributed by atoms with E-state index in [2.05, 4.69) is 0 Å². The smallest absolute Gasteiger partial charge is 0.235 e. The van der Waals surface area contributed by atoms with Crippen LogP contribution in [0.25, 0.3) is 22.3 Å². The summed E-state index contributed by atoms with van der Waals surface area (Å²) in [6.07, 6.45) is 0.0376. The molecule has 0 amide bonds. The molecule has 1 heterocycles. The molecule has 0 radical (unpaired) electrons. The first-order valence-electron chi connectivity index (χ1n) is 11.4. The second-order valence-corrected chi connectivity index (χ2v) is 8.68. The molecule has 6 heteroatoms. The highest BCUT2D eigenvalue weighted by molar-refractivity contribution is 5.97. The second kappa shape index (κ2) is 10.1. The maximum atomic E-state index is 13.5. The van der Waals surface area contributed by atoms with Gasteiger partial charge in [0, 0.05) is 11.1 Å². The Labute approximate surface area is 204 Å². The Morgan fingerprint density at radius 1 is 0.943 bits per heavy atom. The van der Waals surface area contributed by atoms with E-state index in [0.717, 1.165) is 11.1 Å². The van der Waals surface area contributed by atoms with Crippen molar-refractivity contribution >= 4 is 16.8 Å². The van der Waals surface area contributed by atoms with Gasteiger partial charge in [0.05, 0.1) is 18.6 Å². The minimum atomic E-state index is -0.317. The lowest BCUT2D eigenvalue weighted by Crippen LogP contribution is -2.17. The summed E-state index contributed by atoms with van der Waals surface area (Å²) < 4.78 is 22.9. The van der Waals surface area contributed by atoms with Gasteiger partial charge < -0.3 is 18.6 Å². The fourth-order valence-corrected chi connectivity index (χ4v) is 3.95. The Morgan fingerprint density at radius 2 is 1.60 bits per heavy atom. The Morgan fingerprint density at radius 3 is 2.23 bits per heavy atom. The largest absolute Gasteiger partial charge is 0.497 e. The van der Waals surface area contributed by atoms with Crippen molar-refractivity contribution in [1.82, 2.24) is 0 Å². The Hall–Kier alpha value is -4.06. The van der Waals surface area contributed by atoms with E-state index in [-0.39, 0.29) is 35.4 Å². The number of fused-ring (bicyclic) bond motifs is 1. The third-order valence-corrected chi connectivity index (χ3v) is 5.54. The summed E-state index contributed by atoms with van der Waals surface area (Å²) in [5.41, 5.74) is 3.02. The zero-order valence-electron chi connectivity index (χ0n) is 20.5. The van der Waals surface area contributed by atoms with Crippen molar-refractivity contribution in [2.24, 2.45) is 0 Å². The van der Waals surface area contributed by atoms with Crippen molar-refractivity contribution < 1.29 is 23.4 Å². The number of carbonyl (C=O) groups excluding carboxylic acids is 1. The van der Waals surface area contributed by atoms with Crippen LogP contribution in [0.2, 0.25) is 0 Å². The van der Waals surface area contributed by atoms with Crippen molar-refractivity contribution in [3.8, 4) is 28.6 Å². The Bertz CT molecular complexity index is 1410. The summed E-state index contributed by atoms with van der Waals surface area (Å²) >= 11 is 0. The van der Waals surface area contributed by atoms with E-state index >= 15 is 0 Å². The van der Waals surface area contributed by atoms with Gasteiger partial charge in [0.2, 0.25) is 11.2 Å². The van der Waals surface area contributed by atoms with Gasteiger partial charge in [0.1, 0.15) is 17.1 Å². The maximum absolute atomic E-state index is 13.5. The predicted octanol–water partition coefficient (Wildman–Crippen LogP) is 6.13. The lowest BCUT2D eigenvalue weighted by molar-refractivity contribution is 0.0920. The van der Waals surface area contributed by atoms with Crippen LogP contribution < -0.4 is 19.6 Å². The number of methoxy groups -OCH3 is 1. The summed E-state index contributed by atoms with van der Waals surface area (Å²) in [4.78, 5) is 26.4. The number of hydrogen-bond donors (Lipinski definition) is 0. The molecule has 0 atom stereocenters.